The lowest BCUT2D eigenvalue weighted by Gasteiger charge is -2.29. The summed E-state index contributed by atoms with van der Waals surface area (Å²) in [6.45, 7) is 6.11. The molecule has 0 aliphatic carbocycles. The summed E-state index contributed by atoms with van der Waals surface area (Å²) in [6, 6.07) is 18.3. The minimum absolute atomic E-state index is 0.0584. The monoisotopic (exact) mass is 740 g/mol. The summed E-state index contributed by atoms with van der Waals surface area (Å²) >= 11 is 0. The SMILES string of the molecule is CCc1nc(-c2cccc3cc(-c4ccc(C(=O)NCCCCc5cccc(C(=O)N(C)C6CCC(=O)NC6=O)c5)nc4)ncc23)c2n1CCN(C(C)=O)C2. The number of benzene rings is 2. The smallest absolute Gasteiger partial charge is 0.269 e. The van der Waals surface area contributed by atoms with Crippen LogP contribution in [0.3, 0.4) is 0 Å². The van der Waals surface area contributed by atoms with E-state index in [1.54, 1.807) is 32.3 Å². The van der Waals surface area contributed by atoms with Gasteiger partial charge in [-0.1, -0.05) is 37.3 Å². The lowest BCUT2D eigenvalue weighted by molar-refractivity contribution is -0.136. The molecule has 282 valence electrons. The van der Waals surface area contributed by atoms with Crippen LogP contribution in [-0.2, 0) is 40.3 Å². The van der Waals surface area contributed by atoms with Gasteiger partial charge in [-0.05, 0) is 67.0 Å². The molecule has 0 bridgehead atoms. The lowest BCUT2D eigenvalue weighted by Crippen LogP contribution is -2.52. The van der Waals surface area contributed by atoms with Crippen LogP contribution in [0.2, 0.25) is 0 Å². The highest BCUT2D eigenvalue weighted by atomic mass is 16.2. The summed E-state index contributed by atoms with van der Waals surface area (Å²) in [5.74, 6) is -0.230. The highest BCUT2D eigenvalue weighted by molar-refractivity contribution is 6.04. The number of hydrogen-bond donors (Lipinski definition) is 2. The zero-order chi connectivity index (χ0) is 38.6. The fraction of sp³-hybridized carbons (Fsp3) is 0.333. The predicted molar refractivity (Wildman–Crippen MR) is 207 cm³/mol. The van der Waals surface area contributed by atoms with Crippen molar-refractivity contribution in [1.29, 1.82) is 0 Å². The van der Waals surface area contributed by atoms with E-state index in [1.807, 2.05) is 53.6 Å². The summed E-state index contributed by atoms with van der Waals surface area (Å²) < 4.78 is 2.25. The van der Waals surface area contributed by atoms with Crippen molar-refractivity contribution in [1.82, 2.24) is 40.0 Å². The molecule has 3 aromatic heterocycles. The Morgan fingerprint density at radius 3 is 2.58 bits per heavy atom. The van der Waals surface area contributed by atoms with Crippen molar-refractivity contribution in [3.63, 3.8) is 0 Å². The molecule has 0 spiro atoms. The van der Waals surface area contributed by atoms with Gasteiger partial charge >= 0.3 is 0 Å². The molecular weight excluding hydrogens is 697 g/mol. The van der Waals surface area contributed by atoms with Gasteiger partial charge in [0.25, 0.3) is 11.8 Å². The van der Waals surface area contributed by atoms with E-state index in [9.17, 15) is 24.0 Å². The molecule has 5 aromatic rings. The standard InChI is InChI=1S/C42H44N8O5/c1-4-37-46-39(36-25-49(26(2)51)19-20-50(36)37)31-13-8-11-28-22-34(45-24-32(28)31)30-14-15-33(44-23-30)40(53)43-18-6-5-9-27-10-7-12-29(21-27)42(55)48(3)35-16-17-38(52)47-41(35)54/h7-8,10-15,21-24,35H,4-6,9,16-20,25H2,1-3H3,(H,43,53)(H,47,52,54). The van der Waals surface area contributed by atoms with E-state index in [0.717, 1.165) is 82.6 Å². The van der Waals surface area contributed by atoms with Gasteiger partial charge in [-0.3, -0.25) is 39.3 Å². The van der Waals surface area contributed by atoms with Crippen LogP contribution in [-0.4, -0.2) is 85.0 Å². The maximum absolute atomic E-state index is 13.1. The number of imidazole rings is 1. The van der Waals surface area contributed by atoms with Crippen LogP contribution in [0, 0.1) is 0 Å². The van der Waals surface area contributed by atoms with Gasteiger partial charge in [0, 0.05) is 80.9 Å². The van der Waals surface area contributed by atoms with E-state index >= 15 is 0 Å². The number of pyridine rings is 2. The number of nitrogens with one attached hydrogen (secondary N) is 2. The minimum atomic E-state index is -0.677. The number of aryl methyl sites for hydroxylation is 2. The molecule has 2 N–H and O–H groups in total. The second-order valence-electron chi connectivity index (χ2n) is 14.1. The Morgan fingerprint density at radius 1 is 0.982 bits per heavy atom. The Bertz CT molecular complexity index is 2300. The van der Waals surface area contributed by atoms with Crippen molar-refractivity contribution < 1.29 is 24.0 Å². The van der Waals surface area contributed by atoms with Crippen LogP contribution in [0.4, 0.5) is 0 Å². The summed E-state index contributed by atoms with van der Waals surface area (Å²) in [5.41, 5.74) is 6.22. The van der Waals surface area contributed by atoms with Gasteiger partial charge in [0.05, 0.1) is 23.6 Å². The van der Waals surface area contributed by atoms with Gasteiger partial charge in [0.1, 0.15) is 17.6 Å². The number of carbonyl (C=O) groups is 5. The number of nitrogens with zero attached hydrogens (tertiary/aromatic N) is 6. The first-order valence-corrected chi connectivity index (χ1v) is 18.8. The minimum Gasteiger partial charge on any atom is -0.351 e. The number of fused-ring (bicyclic) bond motifs is 2. The molecule has 13 heteroatoms. The number of likely N-dealkylation sites (N-methyl/N-ethyl adjacent to an activating group) is 1. The number of rotatable bonds is 11. The number of carbonyl (C=O) groups excluding carboxylic acids is 5. The van der Waals surface area contributed by atoms with Gasteiger partial charge in [-0.25, -0.2) is 4.98 Å². The number of imide groups is 1. The van der Waals surface area contributed by atoms with Crippen molar-refractivity contribution >= 4 is 40.3 Å². The Kier molecular flexibility index (Phi) is 10.8. The molecule has 0 radical (unpaired) electrons. The van der Waals surface area contributed by atoms with Gasteiger partial charge in [0.2, 0.25) is 17.7 Å². The first-order chi connectivity index (χ1) is 26.6. The van der Waals surface area contributed by atoms with Crippen LogP contribution in [0.1, 0.15) is 77.5 Å². The summed E-state index contributed by atoms with van der Waals surface area (Å²) in [6.07, 6.45) is 7.08. The zero-order valence-corrected chi connectivity index (χ0v) is 31.3. The van der Waals surface area contributed by atoms with Crippen molar-refractivity contribution in [2.45, 2.75) is 71.5 Å². The van der Waals surface area contributed by atoms with Crippen molar-refractivity contribution in [3.05, 3.63) is 101 Å². The molecule has 1 unspecified atom stereocenters. The van der Waals surface area contributed by atoms with E-state index in [4.69, 9.17) is 9.97 Å². The quantitative estimate of drug-likeness (QED) is 0.146. The van der Waals surface area contributed by atoms with Crippen molar-refractivity contribution in [3.8, 4) is 22.5 Å². The van der Waals surface area contributed by atoms with E-state index in [1.165, 1.54) is 4.90 Å². The van der Waals surface area contributed by atoms with Crippen LogP contribution in [0.5, 0.6) is 0 Å². The molecular formula is C42H44N8O5. The Balaban J connectivity index is 0.937. The third kappa shape index (κ3) is 7.87. The third-order valence-corrected chi connectivity index (χ3v) is 10.5. The number of aromatic nitrogens is 4. The van der Waals surface area contributed by atoms with Crippen LogP contribution >= 0.6 is 0 Å². The molecule has 2 aliphatic rings. The second kappa shape index (κ2) is 16.0. The molecule has 55 heavy (non-hydrogen) atoms. The van der Waals surface area contributed by atoms with E-state index in [0.29, 0.717) is 37.3 Å². The Morgan fingerprint density at radius 2 is 1.82 bits per heavy atom. The molecule has 5 heterocycles. The maximum Gasteiger partial charge on any atom is 0.269 e. The first kappa shape index (κ1) is 37.1. The molecule has 0 saturated carbocycles. The number of hydrogen-bond acceptors (Lipinski definition) is 8. The third-order valence-electron chi connectivity index (χ3n) is 10.5. The Labute approximate surface area is 319 Å². The van der Waals surface area contributed by atoms with Crippen molar-refractivity contribution in [2.75, 3.05) is 20.1 Å². The van der Waals surface area contributed by atoms with Gasteiger partial charge in [0.15, 0.2) is 0 Å². The Hall–Kier alpha value is -6.24. The van der Waals surface area contributed by atoms with Crippen LogP contribution < -0.4 is 10.6 Å². The highest BCUT2D eigenvalue weighted by Crippen LogP contribution is 2.34. The number of piperidine rings is 1. The molecule has 13 nitrogen and oxygen atoms in total. The van der Waals surface area contributed by atoms with Crippen molar-refractivity contribution in [2.24, 2.45) is 0 Å². The van der Waals surface area contributed by atoms with Gasteiger partial charge in [-0.15, -0.1) is 0 Å². The summed E-state index contributed by atoms with van der Waals surface area (Å²) in [4.78, 5) is 79.4. The highest BCUT2D eigenvalue weighted by Gasteiger charge is 2.32. The zero-order valence-electron chi connectivity index (χ0n) is 31.3. The van der Waals surface area contributed by atoms with Gasteiger partial charge < -0.3 is 19.7 Å². The number of unbranched alkanes of at least 4 members (excludes halogenated alkanes) is 1. The summed E-state index contributed by atoms with van der Waals surface area (Å²) in [7, 11) is 1.58. The fourth-order valence-corrected chi connectivity index (χ4v) is 7.42. The van der Waals surface area contributed by atoms with Crippen LogP contribution in [0.15, 0.2) is 73.1 Å². The molecule has 7 rings (SSSR count). The second-order valence-corrected chi connectivity index (χ2v) is 14.1. The molecule has 2 aliphatic heterocycles. The average molecular weight is 741 g/mol. The van der Waals surface area contributed by atoms with Gasteiger partial charge in [-0.2, -0.15) is 0 Å². The average Bonchev–Trinajstić information content (AvgIpc) is 3.57. The molecule has 1 saturated heterocycles. The van der Waals surface area contributed by atoms with Crippen LogP contribution in [0.25, 0.3) is 33.3 Å². The lowest BCUT2D eigenvalue weighted by atomic mass is 10.0. The van der Waals surface area contributed by atoms with E-state index < -0.39 is 11.9 Å². The topological polar surface area (TPSA) is 159 Å². The van der Waals surface area contributed by atoms with E-state index in [2.05, 4.69) is 33.2 Å². The van der Waals surface area contributed by atoms with E-state index in [-0.39, 0.29) is 30.0 Å². The summed E-state index contributed by atoms with van der Waals surface area (Å²) in [5, 5.41) is 7.22. The maximum atomic E-state index is 13.1. The fourth-order valence-electron chi connectivity index (χ4n) is 7.42. The molecule has 5 amide bonds. The molecule has 1 atom stereocenters. The molecule has 2 aromatic carbocycles. The normalized spacial score (nSPS) is 15.4. The largest absolute Gasteiger partial charge is 0.351 e. The number of amides is 5. The molecule has 1 fully saturated rings. The first-order valence-electron chi connectivity index (χ1n) is 18.8. The predicted octanol–water partition coefficient (Wildman–Crippen LogP) is 4.71.